The lowest BCUT2D eigenvalue weighted by atomic mass is 10.0. The van der Waals surface area contributed by atoms with Crippen LogP contribution in [0.25, 0.3) is 10.9 Å². The molecule has 0 spiro atoms. The van der Waals surface area contributed by atoms with Gasteiger partial charge in [-0.25, -0.2) is 9.78 Å². The highest BCUT2D eigenvalue weighted by Gasteiger charge is 2.28. The van der Waals surface area contributed by atoms with E-state index in [2.05, 4.69) is 20.6 Å². The Balaban J connectivity index is 1.75. The number of H-pyrrole nitrogens is 1. The van der Waals surface area contributed by atoms with E-state index in [1.807, 2.05) is 26.0 Å². The zero-order valence-corrected chi connectivity index (χ0v) is 19.1. The van der Waals surface area contributed by atoms with Gasteiger partial charge in [-0.2, -0.15) is 0 Å². The van der Waals surface area contributed by atoms with Crippen LogP contribution < -0.4 is 15.4 Å². The molecule has 33 heavy (non-hydrogen) atoms. The maximum absolute atomic E-state index is 13.0. The molecule has 3 aromatic rings. The SMILES string of the molecule is COc1cccc2[nH]c(C(=O)N[C@@H](CC(C)C)C(=O)N[C@@H](Cc3cn(C)cn3)C(=O)O)cc12. The van der Waals surface area contributed by atoms with Gasteiger partial charge in [0.05, 0.1) is 19.1 Å². The third kappa shape index (κ3) is 5.91. The second kappa shape index (κ2) is 10.2. The Bertz CT molecular complexity index is 1150. The Morgan fingerprint density at radius 3 is 2.58 bits per heavy atom. The maximum atomic E-state index is 13.0. The van der Waals surface area contributed by atoms with Gasteiger partial charge in [0.25, 0.3) is 5.91 Å². The highest BCUT2D eigenvalue weighted by Crippen LogP contribution is 2.26. The van der Waals surface area contributed by atoms with Gasteiger partial charge in [0.15, 0.2) is 0 Å². The summed E-state index contributed by atoms with van der Waals surface area (Å²) >= 11 is 0. The molecule has 0 aliphatic heterocycles. The van der Waals surface area contributed by atoms with Crippen molar-refractivity contribution in [3.8, 4) is 5.75 Å². The quantitative estimate of drug-likeness (QED) is 0.368. The number of imidazole rings is 1. The number of rotatable bonds is 10. The molecule has 176 valence electrons. The molecule has 0 radical (unpaired) electrons. The van der Waals surface area contributed by atoms with Crippen molar-refractivity contribution in [2.75, 3.05) is 7.11 Å². The molecule has 0 saturated heterocycles. The van der Waals surface area contributed by atoms with Gasteiger partial charge in [-0.1, -0.05) is 19.9 Å². The molecule has 10 nitrogen and oxygen atoms in total. The van der Waals surface area contributed by atoms with Gasteiger partial charge in [-0.15, -0.1) is 0 Å². The van der Waals surface area contributed by atoms with E-state index >= 15 is 0 Å². The number of nitrogens with one attached hydrogen (secondary N) is 3. The summed E-state index contributed by atoms with van der Waals surface area (Å²) in [5.41, 5.74) is 1.55. The smallest absolute Gasteiger partial charge is 0.326 e. The number of aryl methyl sites for hydroxylation is 1. The van der Waals surface area contributed by atoms with Crippen molar-refractivity contribution in [1.82, 2.24) is 25.2 Å². The van der Waals surface area contributed by atoms with E-state index in [1.54, 1.807) is 43.4 Å². The van der Waals surface area contributed by atoms with Crippen molar-refractivity contribution < 1.29 is 24.2 Å². The van der Waals surface area contributed by atoms with Gasteiger partial charge in [0.1, 0.15) is 23.5 Å². The first-order chi connectivity index (χ1) is 15.7. The Morgan fingerprint density at radius 1 is 1.21 bits per heavy atom. The number of aromatic amines is 1. The zero-order chi connectivity index (χ0) is 24.1. The van der Waals surface area contributed by atoms with Crippen molar-refractivity contribution in [3.63, 3.8) is 0 Å². The molecule has 3 rings (SSSR count). The summed E-state index contributed by atoms with van der Waals surface area (Å²) in [6, 6.07) is 5.01. The number of carbonyl (C=O) groups excluding carboxylic acids is 2. The number of fused-ring (bicyclic) bond motifs is 1. The summed E-state index contributed by atoms with van der Waals surface area (Å²) in [6.45, 7) is 3.84. The average Bonchev–Trinajstić information content (AvgIpc) is 3.38. The number of benzene rings is 1. The summed E-state index contributed by atoms with van der Waals surface area (Å²) in [4.78, 5) is 44.8. The molecule has 2 amide bonds. The van der Waals surface area contributed by atoms with Crippen LogP contribution in [0.15, 0.2) is 36.8 Å². The van der Waals surface area contributed by atoms with Crippen molar-refractivity contribution >= 4 is 28.7 Å². The molecule has 2 heterocycles. The molecule has 0 fully saturated rings. The lowest BCUT2D eigenvalue weighted by Gasteiger charge is -2.22. The number of carboxylic acid groups (broad SMARTS) is 1. The number of carboxylic acids is 1. The van der Waals surface area contributed by atoms with Crippen LogP contribution in [0.4, 0.5) is 0 Å². The lowest BCUT2D eigenvalue weighted by molar-refractivity contribution is -0.142. The minimum absolute atomic E-state index is 0.0338. The van der Waals surface area contributed by atoms with Crippen LogP contribution in [0, 0.1) is 5.92 Å². The molecule has 0 aliphatic carbocycles. The monoisotopic (exact) mass is 455 g/mol. The fourth-order valence-corrected chi connectivity index (χ4v) is 3.62. The van der Waals surface area contributed by atoms with Crippen LogP contribution in [0.5, 0.6) is 5.75 Å². The predicted octanol–water partition coefficient (Wildman–Crippen LogP) is 1.87. The van der Waals surface area contributed by atoms with Gasteiger partial charge in [-0.3, -0.25) is 9.59 Å². The summed E-state index contributed by atoms with van der Waals surface area (Å²) in [5.74, 6) is -1.49. The molecule has 2 atom stereocenters. The Labute approximate surface area is 191 Å². The van der Waals surface area contributed by atoms with E-state index < -0.39 is 29.9 Å². The number of aliphatic carboxylic acids is 1. The normalized spacial score (nSPS) is 13.0. The minimum Gasteiger partial charge on any atom is -0.496 e. The van der Waals surface area contributed by atoms with E-state index in [0.717, 1.165) is 10.9 Å². The molecular formula is C23H29N5O5. The molecular weight excluding hydrogens is 426 g/mol. The maximum Gasteiger partial charge on any atom is 0.326 e. The molecule has 0 unspecified atom stereocenters. The van der Waals surface area contributed by atoms with Crippen LogP contribution >= 0.6 is 0 Å². The predicted molar refractivity (Wildman–Crippen MR) is 122 cm³/mol. The molecule has 10 heteroatoms. The average molecular weight is 456 g/mol. The van der Waals surface area contributed by atoms with Crippen LogP contribution in [-0.2, 0) is 23.1 Å². The molecule has 0 bridgehead atoms. The van der Waals surface area contributed by atoms with Gasteiger partial charge < -0.3 is 30.0 Å². The topological polar surface area (TPSA) is 138 Å². The number of methoxy groups -OCH3 is 1. The third-order valence-electron chi connectivity index (χ3n) is 5.20. The fourth-order valence-electron chi connectivity index (χ4n) is 3.62. The molecule has 1 aromatic carbocycles. The number of carbonyl (C=O) groups is 3. The van der Waals surface area contributed by atoms with Crippen molar-refractivity contribution in [2.45, 2.75) is 38.8 Å². The number of nitrogens with zero attached hydrogens (tertiary/aromatic N) is 2. The first-order valence-electron chi connectivity index (χ1n) is 10.6. The third-order valence-corrected chi connectivity index (χ3v) is 5.20. The van der Waals surface area contributed by atoms with Gasteiger partial charge in [-0.05, 0) is 30.5 Å². The van der Waals surface area contributed by atoms with Crippen molar-refractivity contribution in [2.24, 2.45) is 13.0 Å². The fraction of sp³-hybridized carbons (Fsp3) is 0.391. The summed E-state index contributed by atoms with van der Waals surface area (Å²) in [7, 11) is 3.33. The van der Waals surface area contributed by atoms with Crippen molar-refractivity contribution in [1.29, 1.82) is 0 Å². The molecule has 4 N–H and O–H groups in total. The molecule has 2 aromatic heterocycles. The van der Waals surface area contributed by atoms with Crippen LogP contribution in [-0.4, -0.2) is 56.6 Å². The van der Waals surface area contributed by atoms with Crippen LogP contribution in [0.1, 0.15) is 36.5 Å². The first-order valence-corrected chi connectivity index (χ1v) is 10.6. The van der Waals surface area contributed by atoms with E-state index in [9.17, 15) is 19.5 Å². The molecule has 0 aliphatic rings. The van der Waals surface area contributed by atoms with Gasteiger partial charge >= 0.3 is 5.97 Å². The number of aromatic nitrogens is 3. The standard InChI is InChI=1S/C23H29N5O5/c1-13(2)8-17(21(29)27-19(23(31)32)9-14-11-28(3)12-24-14)26-22(30)18-10-15-16(25-18)6-5-7-20(15)33-4/h5-7,10-13,17,19,25H,8-9H2,1-4H3,(H,26,30)(H,27,29)(H,31,32)/t17-,19-/m0/s1. The van der Waals surface area contributed by atoms with Crippen LogP contribution in [0.3, 0.4) is 0 Å². The summed E-state index contributed by atoms with van der Waals surface area (Å²) in [5, 5.41) is 15.6. The number of hydrogen-bond donors (Lipinski definition) is 4. The summed E-state index contributed by atoms with van der Waals surface area (Å²) < 4.78 is 7.03. The highest BCUT2D eigenvalue weighted by atomic mass is 16.5. The van der Waals surface area contributed by atoms with Crippen LogP contribution in [0.2, 0.25) is 0 Å². The number of amides is 2. The Kier molecular flexibility index (Phi) is 7.37. The van der Waals surface area contributed by atoms with Gasteiger partial charge in [0.2, 0.25) is 5.91 Å². The van der Waals surface area contributed by atoms with E-state index in [-0.39, 0.29) is 18.0 Å². The van der Waals surface area contributed by atoms with Crippen molar-refractivity contribution in [3.05, 3.63) is 48.2 Å². The van der Waals surface area contributed by atoms with E-state index in [0.29, 0.717) is 17.9 Å². The number of ether oxygens (including phenoxy) is 1. The largest absolute Gasteiger partial charge is 0.496 e. The Hall–Kier alpha value is -3.82. The van der Waals surface area contributed by atoms with E-state index in [1.165, 1.54) is 0 Å². The highest BCUT2D eigenvalue weighted by molar-refractivity contribution is 6.01. The van der Waals surface area contributed by atoms with Gasteiger partial charge in [0, 0.05) is 30.6 Å². The lowest BCUT2D eigenvalue weighted by Crippen LogP contribution is -2.52. The van der Waals surface area contributed by atoms with E-state index in [4.69, 9.17) is 4.74 Å². The second-order valence-electron chi connectivity index (χ2n) is 8.39. The number of hydrogen-bond acceptors (Lipinski definition) is 5. The second-order valence-corrected chi connectivity index (χ2v) is 8.39. The first kappa shape index (κ1) is 23.8. The zero-order valence-electron chi connectivity index (χ0n) is 19.1. The molecule has 0 saturated carbocycles. The summed E-state index contributed by atoms with van der Waals surface area (Å²) in [6.07, 6.45) is 3.63. The minimum atomic E-state index is -1.17. The Morgan fingerprint density at radius 2 is 1.97 bits per heavy atom.